The Morgan fingerprint density at radius 3 is 2.82 bits per heavy atom. The molecule has 2 saturated heterocycles. The number of likely N-dealkylation sites (tertiary alicyclic amines) is 2. The SMILES string of the molecule is CN1CCC([C@@H]2CCCN2C(=O)OCc2ccccn2)CC1. The molecule has 1 atom stereocenters. The number of aromatic nitrogens is 1. The Morgan fingerprint density at radius 2 is 2.09 bits per heavy atom. The molecule has 2 fully saturated rings. The van der Waals surface area contributed by atoms with Gasteiger partial charge < -0.3 is 14.5 Å². The minimum absolute atomic E-state index is 0.174. The maximum atomic E-state index is 12.4. The number of piperidine rings is 1. The lowest BCUT2D eigenvalue weighted by molar-refractivity contribution is 0.0701. The molecule has 22 heavy (non-hydrogen) atoms. The smallest absolute Gasteiger partial charge is 0.410 e. The summed E-state index contributed by atoms with van der Waals surface area (Å²) in [5.41, 5.74) is 0.797. The highest BCUT2D eigenvalue weighted by Gasteiger charge is 2.36. The molecule has 3 rings (SSSR count). The predicted octanol–water partition coefficient (Wildman–Crippen LogP) is 2.52. The molecule has 0 unspecified atom stereocenters. The van der Waals surface area contributed by atoms with Crippen LogP contribution in [-0.4, -0.2) is 53.6 Å². The van der Waals surface area contributed by atoms with Crippen LogP contribution in [0.3, 0.4) is 0 Å². The van der Waals surface area contributed by atoms with Gasteiger partial charge in [0.2, 0.25) is 0 Å². The largest absolute Gasteiger partial charge is 0.443 e. The Morgan fingerprint density at radius 1 is 1.27 bits per heavy atom. The van der Waals surface area contributed by atoms with E-state index in [4.69, 9.17) is 4.74 Å². The van der Waals surface area contributed by atoms with Crippen LogP contribution in [0.1, 0.15) is 31.4 Å². The first-order chi connectivity index (χ1) is 10.7. The zero-order valence-corrected chi connectivity index (χ0v) is 13.3. The van der Waals surface area contributed by atoms with Crippen molar-refractivity contribution in [1.29, 1.82) is 0 Å². The number of ether oxygens (including phenoxy) is 1. The second-order valence-corrected chi connectivity index (χ2v) is 6.42. The third-order valence-electron chi connectivity index (χ3n) is 4.91. The second-order valence-electron chi connectivity index (χ2n) is 6.42. The van der Waals surface area contributed by atoms with E-state index >= 15 is 0 Å². The van der Waals surface area contributed by atoms with Crippen molar-refractivity contribution < 1.29 is 9.53 Å². The molecule has 0 saturated carbocycles. The minimum atomic E-state index is -0.174. The standard InChI is InChI=1S/C17H25N3O2/c1-19-11-7-14(8-12-19)16-6-4-10-20(16)17(21)22-13-15-5-2-3-9-18-15/h2-3,5,9,14,16H,4,6-8,10-13H2,1H3/t16-/m0/s1. The lowest BCUT2D eigenvalue weighted by atomic mass is 9.88. The Bertz CT molecular complexity index is 486. The van der Waals surface area contributed by atoms with Crippen LogP contribution in [0.5, 0.6) is 0 Å². The Balaban J connectivity index is 1.54. The highest BCUT2D eigenvalue weighted by Crippen LogP contribution is 2.31. The van der Waals surface area contributed by atoms with Crippen LogP contribution in [0.4, 0.5) is 4.79 Å². The van der Waals surface area contributed by atoms with E-state index < -0.39 is 0 Å². The van der Waals surface area contributed by atoms with Crippen molar-refractivity contribution in [3.8, 4) is 0 Å². The third kappa shape index (κ3) is 3.58. The fraction of sp³-hybridized carbons (Fsp3) is 0.647. The lowest BCUT2D eigenvalue weighted by Gasteiger charge is -2.36. The summed E-state index contributed by atoms with van der Waals surface area (Å²) >= 11 is 0. The van der Waals surface area contributed by atoms with Crippen LogP contribution in [0, 0.1) is 5.92 Å². The number of rotatable bonds is 3. The molecule has 1 aromatic heterocycles. The Hall–Kier alpha value is -1.62. The van der Waals surface area contributed by atoms with Gasteiger partial charge in [0.1, 0.15) is 6.61 Å². The van der Waals surface area contributed by atoms with Crippen molar-refractivity contribution in [3.63, 3.8) is 0 Å². The molecular formula is C17H25N3O2. The molecule has 120 valence electrons. The number of pyridine rings is 1. The van der Waals surface area contributed by atoms with E-state index in [-0.39, 0.29) is 12.7 Å². The molecule has 1 amide bonds. The number of hydrogen-bond donors (Lipinski definition) is 0. The summed E-state index contributed by atoms with van der Waals surface area (Å²) < 4.78 is 5.47. The molecule has 0 N–H and O–H groups in total. The van der Waals surface area contributed by atoms with Gasteiger partial charge in [0, 0.05) is 18.8 Å². The zero-order chi connectivity index (χ0) is 15.4. The maximum absolute atomic E-state index is 12.4. The summed E-state index contributed by atoms with van der Waals surface area (Å²) in [5.74, 6) is 0.626. The first kappa shape index (κ1) is 15.3. The minimum Gasteiger partial charge on any atom is -0.443 e. The number of amides is 1. The molecule has 2 aliphatic heterocycles. The summed E-state index contributed by atoms with van der Waals surface area (Å²) in [5, 5.41) is 0. The molecule has 5 nitrogen and oxygen atoms in total. The molecule has 0 bridgehead atoms. The molecule has 0 radical (unpaired) electrons. The first-order valence-corrected chi connectivity index (χ1v) is 8.26. The molecule has 0 aromatic carbocycles. The van der Waals surface area contributed by atoms with Gasteiger partial charge in [0.05, 0.1) is 5.69 Å². The van der Waals surface area contributed by atoms with E-state index in [9.17, 15) is 4.79 Å². The molecular weight excluding hydrogens is 278 g/mol. The van der Waals surface area contributed by atoms with Crippen LogP contribution >= 0.6 is 0 Å². The quantitative estimate of drug-likeness (QED) is 0.861. The fourth-order valence-corrected chi connectivity index (χ4v) is 3.62. The number of carbonyl (C=O) groups excluding carboxylic acids is 1. The number of nitrogens with zero attached hydrogens (tertiary/aromatic N) is 3. The Kier molecular flexibility index (Phi) is 4.93. The monoisotopic (exact) mass is 303 g/mol. The van der Waals surface area contributed by atoms with Gasteiger partial charge in [0.25, 0.3) is 0 Å². The van der Waals surface area contributed by atoms with Gasteiger partial charge in [-0.05, 0) is 63.9 Å². The van der Waals surface area contributed by atoms with Gasteiger partial charge in [-0.1, -0.05) is 6.07 Å². The van der Waals surface area contributed by atoms with Gasteiger partial charge in [-0.25, -0.2) is 4.79 Å². The number of hydrogen-bond acceptors (Lipinski definition) is 4. The van der Waals surface area contributed by atoms with Crippen molar-refractivity contribution in [1.82, 2.24) is 14.8 Å². The third-order valence-corrected chi connectivity index (χ3v) is 4.91. The van der Waals surface area contributed by atoms with E-state index in [2.05, 4.69) is 16.9 Å². The zero-order valence-electron chi connectivity index (χ0n) is 13.3. The van der Waals surface area contributed by atoms with Gasteiger partial charge in [0.15, 0.2) is 0 Å². The lowest BCUT2D eigenvalue weighted by Crippen LogP contribution is -2.44. The van der Waals surface area contributed by atoms with Crippen molar-refractivity contribution in [2.45, 2.75) is 38.3 Å². The molecule has 2 aliphatic rings. The van der Waals surface area contributed by atoms with Crippen LogP contribution < -0.4 is 0 Å². The van der Waals surface area contributed by atoms with Crippen molar-refractivity contribution >= 4 is 6.09 Å². The molecule has 5 heteroatoms. The maximum Gasteiger partial charge on any atom is 0.410 e. The highest BCUT2D eigenvalue weighted by molar-refractivity contribution is 5.68. The highest BCUT2D eigenvalue weighted by atomic mass is 16.6. The first-order valence-electron chi connectivity index (χ1n) is 8.26. The summed E-state index contributed by atoms with van der Waals surface area (Å²) in [4.78, 5) is 20.9. The van der Waals surface area contributed by atoms with E-state index in [0.717, 1.165) is 38.2 Å². The van der Waals surface area contributed by atoms with Gasteiger partial charge in [-0.2, -0.15) is 0 Å². The van der Waals surface area contributed by atoms with E-state index in [1.54, 1.807) is 6.20 Å². The summed E-state index contributed by atoms with van der Waals surface area (Å²) in [6.45, 7) is 3.37. The Labute approximate surface area is 132 Å². The summed E-state index contributed by atoms with van der Waals surface area (Å²) in [6, 6.07) is 6.02. The van der Waals surface area contributed by atoms with Crippen LogP contribution in [0.15, 0.2) is 24.4 Å². The van der Waals surface area contributed by atoms with E-state index in [1.807, 2.05) is 23.1 Å². The van der Waals surface area contributed by atoms with Crippen LogP contribution in [0.25, 0.3) is 0 Å². The van der Waals surface area contributed by atoms with Gasteiger partial charge in [-0.15, -0.1) is 0 Å². The topological polar surface area (TPSA) is 45.7 Å². The number of carbonyl (C=O) groups is 1. The fourth-order valence-electron chi connectivity index (χ4n) is 3.62. The second kappa shape index (κ2) is 7.09. The summed E-state index contributed by atoms with van der Waals surface area (Å²) in [7, 11) is 2.17. The average Bonchev–Trinajstić information content (AvgIpc) is 3.04. The van der Waals surface area contributed by atoms with Gasteiger partial charge >= 0.3 is 6.09 Å². The van der Waals surface area contributed by atoms with Crippen molar-refractivity contribution in [3.05, 3.63) is 30.1 Å². The summed E-state index contributed by atoms with van der Waals surface area (Å²) in [6.07, 6.45) is 6.13. The molecule has 0 spiro atoms. The normalized spacial score (nSPS) is 23.7. The van der Waals surface area contributed by atoms with E-state index in [0.29, 0.717) is 12.0 Å². The van der Waals surface area contributed by atoms with Crippen LogP contribution in [0.2, 0.25) is 0 Å². The molecule has 1 aromatic rings. The van der Waals surface area contributed by atoms with E-state index in [1.165, 1.54) is 12.8 Å². The predicted molar refractivity (Wildman–Crippen MR) is 84.4 cm³/mol. The van der Waals surface area contributed by atoms with Crippen LogP contribution in [-0.2, 0) is 11.3 Å². The molecule has 3 heterocycles. The van der Waals surface area contributed by atoms with Gasteiger partial charge in [-0.3, -0.25) is 4.98 Å². The van der Waals surface area contributed by atoms with Crippen molar-refractivity contribution in [2.24, 2.45) is 5.92 Å². The van der Waals surface area contributed by atoms with Crippen molar-refractivity contribution in [2.75, 3.05) is 26.7 Å². The molecule has 0 aliphatic carbocycles. The average molecular weight is 303 g/mol.